The van der Waals surface area contributed by atoms with Crippen LogP contribution in [0.15, 0.2) is 24.3 Å². The van der Waals surface area contributed by atoms with Crippen molar-refractivity contribution in [3.8, 4) is 11.4 Å². The summed E-state index contributed by atoms with van der Waals surface area (Å²) in [6.45, 7) is 4.65. The predicted octanol–water partition coefficient (Wildman–Crippen LogP) is 2.92. The van der Waals surface area contributed by atoms with E-state index in [-0.39, 0.29) is 0 Å². The summed E-state index contributed by atoms with van der Waals surface area (Å²) < 4.78 is 1.97. The summed E-state index contributed by atoms with van der Waals surface area (Å²) in [7, 11) is 0. The van der Waals surface area contributed by atoms with Crippen LogP contribution in [0.2, 0.25) is 0 Å². The van der Waals surface area contributed by atoms with Gasteiger partial charge in [0, 0.05) is 11.3 Å². The maximum Gasteiger partial charge on any atom is 0.184 e. The van der Waals surface area contributed by atoms with Gasteiger partial charge in [-0.15, -0.1) is 5.10 Å². The second-order valence-electron chi connectivity index (χ2n) is 5.96. The third-order valence-electron chi connectivity index (χ3n) is 4.61. The maximum absolute atomic E-state index is 6.05. The van der Waals surface area contributed by atoms with Crippen LogP contribution < -0.4 is 5.73 Å². The van der Waals surface area contributed by atoms with Crippen molar-refractivity contribution in [2.45, 2.75) is 39.2 Å². The largest absolute Gasteiger partial charge is 0.398 e. The molecule has 0 spiro atoms. The first-order valence-corrected chi connectivity index (χ1v) is 7.29. The van der Waals surface area contributed by atoms with E-state index < -0.39 is 0 Å². The average Bonchev–Trinajstić information content (AvgIpc) is 2.91. The van der Waals surface area contributed by atoms with Crippen LogP contribution in [0.1, 0.15) is 39.2 Å². The molecule has 3 unspecified atom stereocenters. The number of aromatic nitrogens is 4. The van der Waals surface area contributed by atoms with Gasteiger partial charge in [-0.2, -0.15) is 0 Å². The summed E-state index contributed by atoms with van der Waals surface area (Å²) in [6, 6.07) is 8.14. The summed E-state index contributed by atoms with van der Waals surface area (Å²) in [5, 5.41) is 12.3. The standard InChI is InChI=1S/C15H21N5/c1-10-7-8-12(9-11(10)2)20-15(17-18-19-20)13-5-3-4-6-14(13)16/h3-6,10-12H,7-9,16H2,1-2H3. The van der Waals surface area contributed by atoms with Crippen LogP contribution in [-0.4, -0.2) is 20.2 Å². The Bertz CT molecular complexity index is 591. The lowest BCUT2D eigenvalue weighted by Gasteiger charge is -2.32. The molecule has 1 saturated carbocycles. The van der Waals surface area contributed by atoms with Gasteiger partial charge >= 0.3 is 0 Å². The number of anilines is 1. The van der Waals surface area contributed by atoms with Gasteiger partial charge in [0.25, 0.3) is 0 Å². The lowest BCUT2D eigenvalue weighted by atomic mass is 9.79. The van der Waals surface area contributed by atoms with Crippen molar-refractivity contribution in [2.75, 3.05) is 5.73 Å². The van der Waals surface area contributed by atoms with Gasteiger partial charge in [0.05, 0.1) is 6.04 Å². The number of nitrogen functional groups attached to an aromatic ring is 1. The van der Waals surface area contributed by atoms with Crippen molar-refractivity contribution in [3.63, 3.8) is 0 Å². The zero-order valence-electron chi connectivity index (χ0n) is 12.0. The highest BCUT2D eigenvalue weighted by Gasteiger charge is 2.28. The van der Waals surface area contributed by atoms with Crippen molar-refractivity contribution < 1.29 is 0 Å². The second-order valence-corrected chi connectivity index (χ2v) is 5.96. The first kappa shape index (κ1) is 13.1. The van der Waals surface area contributed by atoms with Crippen LogP contribution in [0.4, 0.5) is 5.69 Å². The SMILES string of the molecule is CC1CCC(n2nnnc2-c2ccccc2N)CC1C. The van der Waals surface area contributed by atoms with Crippen molar-refractivity contribution in [2.24, 2.45) is 11.8 Å². The third kappa shape index (κ3) is 2.28. The zero-order valence-corrected chi connectivity index (χ0v) is 12.0. The predicted molar refractivity (Wildman–Crippen MR) is 78.9 cm³/mol. The van der Waals surface area contributed by atoms with Crippen LogP contribution in [0, 0.1) is 11.8 Å². The molecule has 0 amide bonds. The molecule has 0 saturated heterocycles. The highest BCUT2D eigenvalue weighted by atomic mass is 15.5. The molecule has 5 nitrogen and oxygen atoms in total. The van der Waals surface area contributed by atoms with Gasteiger partial charge in [-0.1, -0.05) is 26.0 Å². The van der Waals surface area contributed by atoms with Gasteiger partial charge < -0.3 is 5.73 Å². The molecular formula is C15H21N5. The molecule has 0 bridgehead atoms. The quantitative estimate of drug-likeness (QED) is 0.853. The normalized spacial score (nSPS) is 26.6. The average molecular weight is 271 g/mol. The second kappa shape index (κ2) is 5.23. The minimum Gasteiger partial charge on any atom is -0.398 e. The minimum atomic E-state index is 0.380. The van der Waals surface area contributed by atoms with E-state index in [1.807, 2.05) is 28.9 Å². The molecule has 20 heavy (non-hydrogen) atoms. The van der Waals surface area contributed by atoms with E-state index in [1.165, 1.54) is 6.42 Å². The van der Waals surface area contributed by atoms with Gasteiger partial charge in [0.15, 0.2) is 5.82 Å². The molecule has 1 aromatic carbocycles. The number of rotatable bonds is 2. The monoisotopic (exact) mass is 271 g/mol. The van der Waals surface area contributed by atoms with Crippen LogP contribution >= 0.6 is 0 Å². The van der Waals surface area contributed by atoms with Gasteiger partial charge in [-0.3, -0.25) is 0 Å². The summed E-state index contributed by atoms with van der Waals surface area (Å²) in [5.41, 5.74) is 7.69. The Morgan fingerprint density at radius 2 is 1.95 bits per heavy atom. The van der Waals surface area contributed by atoms with Crippen LogP contribution in [0.3, 0.4) is 0 Å². The van der Waals surface area contributed by atoms with Crippen LogP contribution in [0.5, 0.6) is 0 Å². The number of hydrogen-bond donors (Lipinski definition) is 1. The van der Waals surface area contributed by atoms with Gasteiger partial charge in [-0.05, 0) is 53.7 Å². The summed E-state index contributed by atoms with van der Waals surface area (Å²) in [6.07, 6.45) is 3.50. The number of tetrazole rings is 1. The van der Waals surface area contributed by atoms with Crippen molar-refractivity contribution in [3.05, 3.63) is 24.3 Å². The third-order valence-corrected chi connectivity index (χ3v) is 4.61. The molecular weight excluding hydrogens is 250 g/mol. The number of nitrogens with zero attached hydrogens (tertiary/aromatic N) is 4. The fourth-order valence-electron chi connectivity index (χ4n) is 3.06. The first-order chi connectivity index (χ1) is 9.66. The molecule has 0 radical (unpaired) electrons. The minimum absolute atomic E-state index is 0.380. The Morgan fingerprint density at radius 3 is 2.70 bits per heavy atom. The molecule has 2 aromatic rings. The van der Waals surface area contributed by atoms with Gasteiger partial charge in [0.1, 0.15) is 0 Å². The molecule has 1 heterocycles. The Hall–Kier alpha value is -1.91. The lowest BCUT2D eigenvalue weighted by molar-refractivity contribution is 0.200. The number of para-hydroxylation sites is 1. The van der Waals surface area contributed by atoms with E-state index in [0.29, 0.717) is 12.0 Å². The van der Waals surface area contributed by atoms with E-state index in [0.717, 1.165) is 35.8 Å². The van der Waals surface area contributed by atoms with Crippen LogP contribution in [0.25, 0.3) is 11.4 Å². The fourth-order valence-corrected chi connectivity index (χ4v) is 3.06. The fraction of sp³-hybridized carbons (Fsp3) is 0.533. The molecule has 0 aliphatic heterocycles. The molecule has 3 atom stereocenters. The molecule has 5 heteroatoms. The number of hydrogen-bond acceptors (Lipinski definition) is 4. The number of nitrogens with two attached hydrogens (primary N) is 1. The lowest BCUT2D eigenvalue weighted by Crippen LogP contribution is -2.24. The topological polar surface area (TPSA) is 69.6 Å². The zero-order chi connectivity index (χ0) is 14.1. The van der Waals surface area contributed by atoms with Crippen LogP contribution in [-0.2, 0) is 0 Å². The Kier molecular flexibility index (Phi) is 3.42. The van der Waals surface area contributed by atoms with Crippen molar-refractivity contribution in [1.82, 2.24) is 20.2 Å². The Morgan fingerprint density at radius 1 is 1.15 bits per heavy atom. The molecule has 2 N–H and O–H groups in total. The van der Waals surface area contributed by atoms with Crippen molar-refractivity contribution >= 4 is 5.69 Å². The van der Waals surface area contributed by atoms with E-state index in [9.17, 15) is 0 Å². The Labute approximate surface area is 119 Å². The first-order valence-electron chi connectivity index (χ1n) is 7.29. The molecule has 3 rings (SSSR count). The molecule has 1 aromatic heterocycles. The Balaban J connectivity index is 1.93. The summed E-state index contributed by atoms with van der Waals surface area (Å²) in [4.78, 5) is 0. The smallest absolute Gasteiger partial charge is 0.184 e. The van der Waals surface area contributed by atoms with Crippen molar-refractivity contribution in [1.29, 1.82) is 0 Å². The van der Waals surface area contributed by atoms with E-state index in [4.69, 9.17) is 5.73 Å². The van der Waals surface area contributed by atoms with Gasteiger partial charge in [0.2, 0.25) is 0 Å². The van der Waals surface area contributed by atoms with E-state index in [2.05, 4.69) is 29.4 Å². The van der Waals surface area contributed by atoms with E-state index in [1.54, 1.807) is 0 Å². The van der Waals surface area contributed by atoms with Gasteiger partial charge in [-0.25, -0.2) is 4.68 Å². The highest BCUT2D eigenvalue weighted by molar-refractivity contribution is 5.71. The number of benzene rings is 1. The summed E-state index contributed by atoms with van der Waals surface area (Å²) in [5.74, 6) is 2.28. The maximum atomic E-state index is 6.05. The molecule has 1 fully saturated rings. The molecule has 106 valence electrons. The summed E-state index contributed by atoms with van der Waals surface area (Å²) >= 11 is 0. The van der Waals surface area contributed by atoms with E-state index >= 15 is 0 Å². The molecule has 1 aliphatic rings. The highest BCUT2D eigenvalue weighted by Crippen LogP contribution is 2.37. The molecule has 1 aliphatic carbocycles.